The monoisotopic (exact) mass is 202 g/mol. The molecule has 2 N–H and O–H groups in total. The van der Waals surface area contributed by atoms with Crippen molar-refractivity contribution in [1.82, 2.24) is 10.3 Å². The summed E-state index contributed by atoms with van der Waals surface area (Å²) < 4.78 is 0. The van der Waals surface area contributed by atoms with Gasteiger partial charge in [0.15, 0.2) is 0 Å². The minimum absolute atomic E-state index is 0.708. The predicted octanol–water partition coefficient (Wildman–Crippen LogP) is 2.91. The van der Waals surface area contributed by atoms with Crippen LogP contribution in [0.4, 0.5) is 0 Å². The zero-order valence-corrected chi connectivity index (χ0v) is 9.38. The van der Waals surface area contributed by atoms with Crippen molar-refractivity contribution in [2.75, 3.05) is 6.54 Å². The molecule has 0 aliphatic carbocycles. The Balaban J connectivity index is 2.02. The molecule has 2 nitrogen and oxygen atoms in total. The first-order chi connectivity index (χ1) is 7.25. The van der Waals surface area contributed by atoms with Crippen LogP contribution >= 0.6 is 0 Å². The summed E-state index contributed by atoms with van der Waals surface area (Å²) in [4.78, 5) is 3.23. The molecule has 2 rings (SSSR count). The van der Waals surface area contributed by atoms with E-state index in [-0.39, 0.29) is 0 Å². The number of hydrogen-bond acceptors (Lipinski definition) is 1. The summed E-state index contributed by atoms with van der Waals surface area (Å²) in [6.45, 7) is 6.47. The first-order valence-electron chi connectivity index (χ1n) is 5.52. The maximum Gasteiger partial charge on any atom is 0.0457 e. The molecular formula is C13H18N2. The molecule has 2 aromatic rings. The zero-order chi connectivity index (χ0) is 10.7. The van der Waals surface area contributed by atoms with Crippen molar-refractivity contribution in [3.8, 4) is 0 Å². The second-order valence-electron chi connectivity index (χ2n) is 4.42. The van der Waals surface area contributed by atoms with Crippen molar-refractivity contribution in [1.29, 1.82) is 0 Å². The predicted molar refractivity (Wildman–Crippen MR) is 64.8 cm³/mol. The summed E-state index contributed by atoms with van der Waals surface area (Å²) in [6, 6.07) is 8.66. The fourth-order valence-corrected chi connectivity index (χ4v) is 1.71. The number of hydrogen-bond donors (Lipinski definition) is 2. The summed E-state index contributed by atoms with van der Waals surface area (Å²) >= 11 is 0. The molecule has 1 aromatic carbocycles. The molecule has 80 valence electrons. The van der Waals surface area contributed by atoms with E-state index < -0.39 is 0 Å². The van der Waals surface area contributed by atoms with E-state index in [0.29, 0.717) is 5.92 Å². The van der Waals surface area contributed by atoms with Crippen LogP contribution in [0.15, 0.2) is 30.5 Å². The SMILES string of the molecule is CC(C)CNCc1ccc2cc[nH]c2c1. The number of fused-ring (bicyclic) bond motifs is 1. The lowest BCUT2D eigenvalue weighted by atomic mass is 10.1. The molecule has 0 bridgehead atoms. The van der Waals surface area contributed by atoms with E-state index in [2.05, 4.69) is 48.4 Å². The van der Waals surface area contributed by atoms with Gasteiger partial charge in [-0.2, -0.15) is 0 Å². The van der Waals surface area contributed by atoms with E-state index in [4.69, 9.17) is 0 Å². The average molecular weight is 202 g/mol. The lowest BCUT2D eigenvalue weighted by Crippen LogP contribution is -2.18. The number of H-pyrrole nitrogens is 1. The third-order valence-corrected chi connectivity index (χ3v) is 2.50. The van der Waals surface area contributed by atoms with Crippen molar-refractivity contribution >= 4 is 10.9 Å². The van der Waals surface area contributed by atoms with Gasteiger partial charge in [0.1, 0.15) is 0 Å². The van der Waals surface area contributed by atoms with Gasteiger partial charge in [-0.25, -0.2) is 0 Å². The Bertz CT molecular complexity index is 429. The van der Waals surface area contributed by atoms with Crippen LogP contribution in [0.5, 0.6) is 0 Å². The van der Waals surface area contributed by atoms with Crippen LogP contribution < -0.4 is 5.32 Å². The molecule has 0 saturated carbocycles. The summed E-state index contributed by atoms with van der Waals surface area (Å²) in [5, 5.41) is 4.72. The third-order valence-electron chi connectivity index (χ3n) is 2.50. The molecule has 15 heavy (non-hydrogen) atoms. The van der Waals surface area contributed by atoms with E-state index in [0.717, 1.165) is 13.1 Å². The van der Waals surface area contributed by atoms with Crippen LogP contribution in [0.2, 0.25) is 0 Å². The van der Waals surface area contributed by atoms with Crippen LogP contribution in [0.1, 0.15) is 19.4 Å². The van der Waals surface area contributed by atoms with Gasteiger partial charge in [0.25, 0.3) is 0 Å². The average Bonchev–Trinajstić information content (AvgIpc) is 2.64. The van der Waals surface area contributed by atoms with Gasteiger partial charge in [0.2, 0.25) is 0 Å². The Labute approximate surface area is 90.7 Å². The number of rotatable bonds is 4. The summed E-state index contributed by atoms with van der Waals surface area (Å²) in [6.07, 6.45) is 1.98. The van der Waals surface area contributed by atoms with Crippen LogP contribution in [-0.4, -0.2) is 11.5 Å². The molecule has 0 aliphatic heterocycles. The van der Waals surface area contributed by atoms with Crippen LogP contribution in [-0.2, 0) is 6.54 Å². The molecule has 0 aliphatic rings. The quantitative estimate of drug-likeness (QED) is 0.784. The van der Waals surface area contributed by atoms with Crippen molar-refractivity contribution < 1.29 is 0 Å². The normalized spacial score (nSPS) is 11.4. The molecule has 0 amide bonds. The minimum Gasteiger partial charge on any atom is -0.361 e. The van der Waals surface area contributed by atoms with Crippen LogP contribution in [0.25, 0.3) is 10.9 Å². The molecular weight excluding hydrogens is 184 g/mol. The standard InChI is InChI=1S/C13H18N2/c1-10(2)8-14-9-11-3-4-12-5-6-15-13(12)7-11/h3-7,10,14-15H,8-9H2,1-2H3. The number of aromatic nitrogens is 1. The number of aromatic amines is 1. The van der Waals surface area contributed by atoms with Crippen LogP contribution in [0, 0.1) is 5.92 Å². The first-order valence-corrected chi connectivity index (χ1v) is 5.52. The van der Waals surface area contributed by atoms with Gasteiger partial charge in [0, 0.05) is 18.3 Å². The third kappa shape index (κ3) is 2.60. The molecule has 1 heterocycles. The Morgan fingerprint density at radius 2 is 2.13 bits per heavy atom. The maximum atomic E-state index is 3.44. The van der Waals surface area contributed by atoms with Gasteiger partial charge < -0.3 is 10.3 Å². The highest BCUT2D eigenvalue weighted by atomic mass is 14.8. The fourth-order valence-electron chi connectivity index (χ4n) is 1.71. The van der Waals surface area contributed by atoms with Crippen LogP contribution in [0.3, 0.4) is 0 Å². The lowest BCUT2D eigenvalue weighted by molar-refractivity contribution is 0.552. The summed E-state index contributed by atoms with van der Waals surface area (Å²) in [7, 11) is 0. The molecule has 1 aromatic heterocycles. The van der Waals surface area contributed by atoms with E-state index in [1.165, 1.54) is 16.5 Å². The fraction of sp³-hybridized carbons (Fsp3) is 0.385. The van der Waals surface area contributed by atoms with E-state index in [9.17, 15) is 0 Å². The molecule has 0 atom stereocenters. The molecule has 2 heteroatoms. The summed E-state index contributed by atoms with van der Waals surface area (Å²) in [5.74, 6) is 0.708. The molecule has 0 radical (unpaired) electrons. The Morgan fingerprint density at radius 1 is 1.27 bits per heavy atom. The van der Waals surface area contributed by atoms with E-state index in [1.54, 1.807) is 0 Å². The molecule has 0 spiro atoms. The zero-order valence-electron chi connectivity index (χ0n) is 9.38. The largest absolute Gasteiger partial charge is 0.361 e. The lowest BCUT2D eigenvalue weighted by Gasteiger charge is -2.07. The molecule has 0 saturated heterocycles. The van der Waals surface area contributed by atoms with Crippen molar-refractivity contribution in [2.24, 2.45) is 5.92 Å². The highest BCUT2D eigenvalue weighted by molar-refractivity contribution is 5.79. The van der Waals surface area contributed by atoms with Crippen molar-refractivity contribution in [3.05, 3.63) is 36.0 Å². The number of benzene rings is 1. The van der Waals surface area contributed by atoms with Gasteiger partial charge in [-0.15, -0.1) is 0 Å². The molecule has 0 fully saturated rings. The maximum absolute atomic E-state index is 3.44. The van der Waals surface area contributed by atoms with Gasteiger partial charge >= 0.3 is 0 Å². The first kappa shape index (κ1) is 10.2. The Morgan fingerprint density at radius 3 is 2.93 bits per heavy atom. The second-order valence-corrected chi connectivity index (χ2v) is 4.42. The smallest absolute Gasteiger partial charge is 0.0457 e. The highest BCUT2D eigenvalue weighted by Gasteiger charge is 1.98. The Kier molecular flexibility index (Phi) is 3.07. The van der Waals surface area contributed by atoms with Gasteiger partial charge in [0.05, 0.1) is 0 Å². The second kappa shape index (κ2) is 4.49. The van der Waals surface area contributed by atoms with Gasteiger partial charge in [-0.3, -0.25) is 0 Å². The number of nitrogens with one attached hydrogen (secondary N) is 2. The van der Waals surface area contributed by atoms with Gasteiger partial charge in [-0.05, 0) is 35.5 Å². The van der Waals surface area contributed by atoms with E-state index >= 15 is 0 Å². The minimum atomic E-state index is 0.708. The Hall–Kier alpha value is -1.28. The van der Waals surface area contributed by atoms with Gasteiger partial charge in [-0.1, -0.05) is 26.0 Å². The molecule has 0 unspecified atom stereocenters. The summed E-state index contributed by atoms with van der Waals surface area (Å²) in [5.41, 5.74) is 2.56. The highest BCUT2D eigenvalue weighted by Crippen LogP contribution is 2.13. The topological polar surface area (TPSA) is 27.8 Å². The van der Waals surface area contributed by atoms with E-state index in [1.807, 2.05) is 6.20 Å². The van der Waals surface area contributed by atoms with Crippen molar-refractivity contribution in [3.63, 3.8) is 0 Å². The van der Waals surface area contributed by atoms with Crippen molar-refractivity contribution in [2.45, 2.75) is 20.4 Å².